The zero-order valence-corrected chi connectivity index (χ0v) is 15.5. The van der Waals surface area contributed by atoms with Crippen LogP contribution in [0.2, 0.25) is 0 Å². The summed E-state index contributed by atoms with van der Waals surface area (Å²) < 4.78 is 53.6. The molecule has 0 saturated heterocycles. The van der Waals surface area contributed by atoms with Gasteiger partial charge in [-0.15, -0.1) is 11.3 Å². The minimum atomic E-state index is -4.12. The van der Waals surface area contributed by atoms with Gasteiger partial charge in [-0.2, -0.15) is 0 Å². The summed E-state index contributed by atoms with van der Waals surface area (Å²) in [6, 6.07) is 12.0. The second kappa shape index (κ2) is 7.61. The first kappa shape index (κ1) is 18.6. The Morgan fingerprint density at radius 3 is 2.58 bits per heavy atom. The van der Waals surface area contributed by atoms with Crippen LogP contribution in [0.15, 0.2) is 53.4 Å². The third kappa shape index (κ3) is 4.14. The van der Waals surface area contributed by atoms with E-state index in [1.165, 1.54) is 11.3 Å². The smallest absolute Gasteiger partial charge is 0.241 e. The van der Waals surface area contributed by atoms with Crippen molar-refractivity contribution in [3.05, 3.63) is 70.7 Å². The molecule has 0 aliphatic carbocycles. The molecule has 136 valence electrons. The third-order valence-corrected chi connectivity index (χ3v) is 6.48. The van der Waals surface area contributed by atoms with Gasteiger partial charge in [-0.3, -0.25) is 0 Å². The third-order valence-electron chi connectivity index (χ3n) is 3.74. The highest BCUT2D eigenvalue weighted by molar-refractivity contribution is 7.89. The predicted octanol–water partition coefficient (Wildman–Crippen LogP) is 3.92. The van der Waals surface area contributed by atoms with E-state index in [4.69, 9.17) is 0 Å². The van der Waals surface area contributed by atoms with Crippen LogP contribution in [-0.4, -0.2) is 19.9 Å². The van der Waals surface area contributed by atoms with Crippen LogP contribution in [0.4, 0.5) is 8.78 Å². The molecular weight excluding hydrogens is 378 g/mol. The van der Waals surface area contributed by atoms with Gasteiger partial charge in [0.15, 0.2) is 0 Å². The summed E-state index contributed by atoms with van der Waals surface area (Å²) in [4.78, 5) is 4.76. The zero-order valence-electron chi connectivity index (χ0n) is 13.9. The van der Waals surface area contributed by atoms with Crippen LogP contribution < -0.4 is 4.72 Å². The Bertz CT molecular complexity index is 1020. The number of rotatable bonds is 6. The number of hydrogen-bond donors (Lipinski definition) is 1. The quantitative estimate of drug-likeness (QED) is 0.689. The summed E-state index contributed by atoms with van der Waals surface area (Å²) in [5, 5.41) is 0.858. The van der Waals surface area contributed by atoms with Crippen molar-refractivity contribution in [2.24, 2.45) is 0 Å². The summed E-state index contributed by atoms with van der Waals surface area (Å²) in [6.45, 7) is 1.93. The average molecular weight is 394 g/mol. The van der Waals surface area contributed by atoms with E-state index in [9.17, 15) is 17.2 Å². The number of aryl methyl sites for hydroxylation is 1. The molecule has 1 aromatic heterocycles. The van der Waals surface area contributed by atoms with E-state index in [1.807, 2.05) is 37.3 Å². The van der Waals surface area contributed by atoms with Gasteiger partial charge in [0, 0.05) is 17.0 Å². The van der Waals surface area contributed by atoms with Crippen molar-refractivity contribution in [2.75, 3.05) is 6.54 Å². The standard InChI is InChI=1S/C18H16F2N2O2S2/c1-12-16(25-18(22-12)13-5-3-2-4-6-13)9-10-21-26(23,24)17-11-14(19)7-8-15(17)20/h2-8,11,21H,9-10H2,1H3. The van der Waals surface area contributed by atoms with E-state index in [1.54, 1.807) is 0 Å². The van der Waals surface area contributed by atoms with Crippen molar-refractivity contribution in [1.82, 2.24) is 9.71 Å². The highest BCUT2D eigenvalue weighted by Crippen LogP contribution is 2.28. The molecule has 0 aliphatic rings. The second-order valence-electron chi connectivity index (χ2n) is 5.62. The van der Waals surface area contributed by atoms with Gasteiger partial charge in [-0.1, -0.05) is 30.3 Å². The molecule has 1 N–H and O–H groups in total. The maximum atomic E-state index is 13.7. The van der Waals surface area contributed by atoms with E-state index in [0.29, 0.717) is 12.5 Å². The first-order valence-corrected chi connectivity index (χ1v) is 10.1. The van der Waals surface area contributed by atoms with E-state index < -0.39 is 26.6 Å². The SMILES string of the molecule is Cc1nc(-c2ccccc2)sc1CCNS(=O)(=O)c1cc(F)ccc1F. The molecule has 0 fully saturated rings. The number of hydrogen-bond acceptors (Lipinski definition) is 4. The minimum Gasteiger partial charge on any atom is -0.241 e. The number of halogens is 2. The molecule has 0 radical (unpaired) electrons. The van der Waals surface area contributed by atoms with E-state index in [-0.39, 0.29) is 6.54 Å². The summed E-state index contributed by atoms with van der Waals surface area (Å²) in [6.07, 6.45) is 0.409. The van der Waals surface area contributed by atoms with Crippen molar-refractivity contribution in [2.45, 2.75) is 18.2 Å². The van der Waals surface area contributed by atoms with Crippen LogP contribution in [0.25, 0.3) is 10.6 Å². The molecular formula is C18H16F2N2O2S2. The predicted molar refractivity (Wildman–Crippen MR) is 97.5 cm³/mol. The lowest BCUT2D eigenvalue weighted by atomic mass is 10.2. The molecule has 0 atom stereocenters. The van der Waals surface area contributed by atoms with Gasteiger partial charge in [-0.05, 0) is 31.5 Å². The second-order valence-corrected chi connectivity index (χ2v) is 8.44. The molecule has 8 heteroatoms. The maximum absolute atomic E-state index is 13.7. The molecule has 0 unspecified atom stereocenters. The lowest BCUT2D eigenvalue weighted by molar-refractivity contribution is 0.546. The van der Waals surface area contributed by atoms with Crippen molar-refractivity contribution >= 4 is 21.4 Å². The summed E-state index contributed by atoms with van der Waals surface area (Å²) in [5.41, 5.74) is 1.82. The van der Waals surface area contributed by atoms with Crippen LogP contribution >= 0.6 is 11.3 Å². The highest BCUT2D eigenvalue weighted by atomic mass is 32.2. The Labute approximate surface area is 154 Å². The number of nitrogens with zero attached hydrogens (tertiary/aromatic N) is 1. The number of benzene rings is 2. The van der Waals surface area contributed by atoms with Gasteiger partial charge in [-0.25, -0.2) is 26.9 Å². The summed E-state index contributed by atoms with van der Waals surface area (Å²) in [5.74, 6) is -1.79. The van der Waals surface area contributed by atoms with Crippen molar-refractivity contribution in [1.29, 1.82) is 0 Å². The van der Waals surface area contributed by atoms with Crippen LogP contribution in [0.3, 0.4) is 0 Å². The zero-order chi connectivity index (χ0) is 18.7. The molecule has 4 nitrogen and oxygen atoms in total. The van der Waals surface area contributed by atoms with Crippen molar-refractivity contribution < 1.29 is 17.2 Å². The summed E-state index contributed by atoms with van der Waals surface area (Å²) in [7, 11) is -4.12. The molecule has 0 aliphatic heterocycles. The topological polar surface area (TPSA) is 59.1 Å². The van der Waals surface area contributed by atoms with E-state index in [0.717, 1.165) is 33.3 Å². The molecule has 1 heterocycles. The highest BCUT2D eigenvalue weighted by Gasteiger charge is 2.20. The average Bonchev–Trinajstić information content (AvgIpc) is 2.98. The maximum Gasteiger partial charge on any atom is 0.243 e. The lowest BCUT2D eigenvalue weighted by Crippen LogP contribution is -2.26. The largest absolute Gasteiger partial charge is 0.243 e. The van der Waals surface area contributed by atoms with Crippen LogP contribution in [0.5, 0.6) is 0 Å². The fourth-order valence-electron chi connectivity index (χ4n) is 2.42. The Morgan fingerprint density at radius 2 is 1.85 bits per heavy atom. The first-order valence-electron chi connectivity index (χ1n) is 7.83. The number of thiazole rings is 1. The Kier molecular flexibility index (Phi) is 5.45. The van der Waals surface area contributed by atoms with Crippen molar-refractivity contribution in [3.63, 3.8) is 0 Å². The molecule has 2 aromatic carbocycles. The van der Waals surface area contributed by atoms with E-state index in [2.05, 4.69) is 9.71 Å². The molecule has 0 spiro atoms. The van der Waals surface area contributed by atoms with E-state index >= 15 is 0 Å². The molecule has 3 rings (SSSR count). The molecule has 26 heavy (non-hydrogen) atoms. The lowest BCUT2D eigenvalue weighted by Gasteiger charge is -2.07. The molecule has 3 aromatic rings. The molecule has 0 bridgehead atoms. The number of nitrogens with one attached hydrogen (secondary N) is 1. The molecule has 0 amide bonds. The molecule has 0 saturated carbocycles. The summed E-state index contributed by atoms with van der Waals surface area (Å²) >= 11 is 1.48. The number of sulfonamides is 1. The fraction of sp³-hybridized carbons (Fsp3) is 0.167. The van der Waals surface area contributed by atoms with Gasteiger partial charge in [0.25, 0.3) is 0 Å². The van der Waals surface area contributed by atoms with Crippen LogP contribution in [0, 0.1) is 18.6 Å². The number of aromatic nitrogens is 1. The first-order chi connectivity index (χ1) is 12.4. The monoisotopic (exact) mass is 394 g/mol. The van der Waals surface area contributed by atoms with Gasteiger partial charge in [0.1, 0.15) is 21.5 Å². The minimum absolute atomic E-state index is 0.0650. The van der Waals surface area contributed by atoms with Gasteiger partial charge < -0.3 is 0 Å². The normalized spacial score (nSPS) is 11.7. The Balaban J connectivity index is 1.70. The van der Waals surface area contributed by atoms with Gasteiger partial charge >= 0.3 is 0 Å². The Morgan fingerprint density at radius 1 is 1.12 bits per heavy atom. The Hall–Kier alpha value is -2.16. The van der Waals surface area contributed by atoms with Gasteiger partial charge in [0.2, 0.25) is 10.0 Å². The van der Waals surface area contributed by atoms with Crippen molar-refractivity contribution in [3.8, 4) is 10.6 Å². The van der Waals surface area contributed by atoms with Crippen LogP contribution in [0.1, 0.15) is 10.6 Å². The van der Waals surface area contributed by atoms with Crippen LogP contribution in [-0.2, 0) is 16.4 Å². The fourth-order valence-corrected chi connectivity index (χ4v) is 4.61. The van der Waals surface area contributed by atoms with Gasteiger partial charge in [0.05, 0.1) is 5.69 Å².